The standard InChI is InChI=1S/C15H17N3O4S/c19-15(11-1-2-11)17-5-7-18(8-6-17)23(20,21)12-3-4-13-14(9-12)22-10-16-13/h3-4,9-11H,1-2,5-8H2. The average Bonchev–Trinajstić information content (AvgIpc) is 3.31. The fraction of sp³-hybridized carbons (Fsp3) is 0.467. The second-order valence-electron chi connectivity index (χ2n) is 5.99. The number of carbonyl (C=O) groups is 1. The molecule has 2 aromatic rings. The topological polar surface area (TPSA) is 83.7 Å². The van der Waals surface area contributed by atoms with Gasteiger partial charge in [0.1, 0.15) is 5.52 Å². The van der Waals surface area contributed by atoms with Crippen molar-refractivity contribution in [1.82, 2.24) is 14.2 Å². The lowest BCUT2D eigenvalue weighted by molar-refractivity contribution is -0.133. The van der Waals surface area contributed by atoms with Gasteiger partial charge < -0.3 is 9.32 Å². The molecule has 23 heavy (non-hydrogen) atoms. The predicted octanol–water partition coefficient (Wildman–Crippen LogP) is 1.07. The maximum Gasteiger partial charge on any atom is 0.243 e. The quantitative estimate of drug-likeness (QED) is 0.838. The molecule has 8 heteroatoms. The van der Waals surface area contributed by atoms with Gasteiger partial charge in [-0.1, -0.05) is 0 Å². The minimum absolute atomic E-state index is 0.171. The third kappa shape index (κ3) is 2.61. The van der Waals surface area contributed by atoms with Crippen molar-refractivity contribution in [1.29, 1.82) is 0 Å². The summed E-state index contributed by atoms with van der Waals surface area (Å²) < 4.78 is 32.1. The Bertz CT molecular complexity index is 848. The molecule has 0 unspecified atom stereocenters. The van der Waals surface area contributed by atoms with E-state index in [-0.39, 0.29) is 16.7 Å². The molecule has 0 atom stereocenters. The minimum atomic E-state index is -3.58. The number of sulfonamides is 1. The molecule has 7 nitrogen and oxygen atoms in total. The summed E-state index contributed by atoms with van der Waals surface area (Å²) in [6, 6.07) is 4.68. The Hall–Kier alpha value is -1.93. The average molecular weight is 335 g/mol. The second kappa shape index (κ2) is 5.31. The molecule has 0 N–H and O–H groups in total. The lowest BCUT2D eigenvalue weighted by Crippen LogP contribution is -2.50. The summed E-state index contributed by atoms with van der Waals surface area (Å²) in [5.74, 6) is 0.345. The van der Waals surface area contributed by atoms with E-state index in [4.69, 9.17) is 4.42 Å². The van der Waals surface area contributed by atoms with Crippen molar-refractivity contribution in [2.45, 2.75) is 17.7 Å². The van der Waals surface area contributed by atoms with Gasteiger partial charge in [-0.25, -0.2) is 13.4 Å². The van der Waals surface area contributed by atoms with E-state index in [0.717, 1.165) is 12.8 Å². The number of hydrogen-bond donors (Lipinski definition) is 0. The van der Waals surface area contributed by atoms with Crippen molar-refractivity contribution in [2.24, 2.45) is 5.92 Å². The summed E-state index contributed by atoms with van der Waals surface area (Å²) in [7, 11) is -3.58. The third-order valence-electron chi connectivity index (χ3n) is 4.42. The van der Waals surface area contributed by atoms with E-state index in [9.17, 15) is 13.2 Å². The number of carbonyl (C=O) groups excluding carboxylic acids is 1. The zero-order chi connectivity index (χ0) is 16.0. The summed E-state index contributed by atoms with van der Waals surface area (Å²) >= 11 is 0. The van der Waals surface area contributed by atoms with Gasteiger partial charge in [0.05, 0.1) is 4.90 Å². The van der Waals surface area contributed by atoms with Crippen molar-refractivity contribution in [2.75, 3.05) is 26.2 Å². The maximum absolute atomic E-state index is 12.7. The lowest BCUT2D eigenvalue weighted by atomic mass is 10.3. The number of rotatable bonds is 3. The molecule has 4 rings (SSSR count). The molecule has 122 valence electrons. The van der Waals surface area contributed by atoms with E-state index < -0.39 is 10.0 Å². The van der Waals surface area contributed by atoms with Crippen LogP contribution < -0.4 is 0 Å². The highest BCUT2D eigenvalue weighted by atomic mass is 32.2. The smallest absolute Gasteiger partial charge is 0.243 e. The summed E-state index contributed by atoms with van der Waals surface area (Å²) in [6.45, 7) is 1.57. The molecule has 1 aliphatic heterocycles. The molecule has 2 fully saturated rings. The number of piperazine rings is 1. The van der Waals surface area contributed by atoms with Crippen molar-refractivity contribution in [3.05, 3.63) is 24.6 Å². The van der Waals surface area contributed by atoms with Gasteiger partial charge in [-0.15, -0.1) is 0 Å². The number of amides is 1. The van der Waals surface area contributed by atoms with Crippen molar-refractivity contribution in [3.8, 4) is 0 Å². The number of nitrogens with zero attached hydrogens (tertiary/aromatic N) is 3. The molecule has 2 heterocycles. The fourth-order valence-electron chi connectivity index (χ4n) is 2.88. The molecule has 1 aromatic carbocycles. The highest BCUT2D eigenvalue weighted by Crippen LogP contribution is 2.31. The first-order valence-electron chi connectivity index (χ1n) is 7.68. The first kappa shape index (κ1) is 14.6. The Morgan fingerprint density at radius 2 is 1.91 bits per heavy atom. The van der Waals surface area contributed by atoms with Crippen LogP contribution in [0.2, 0.25) is 0 Å². The van der Waals surface area contributed by atoms with Crippen LogP contribution in [-0.2, 0) is 14.8 Å². The van der Waals surface area contributed by atoms with Crippen LogP contribution in [-0.4, -0.2) is 54.7 Å². The molecular formula is C15H17N3O4S. The SMILES string of the molecule is O=C(C1CC1)N1CCN(S(=O)(=O)c2ccc3ncoc3c2)CC1. The van der Waals surface area contributed by atoms with Crippen LogP contribution in [0.5, 0.6) is 0 Å². The molecular weight excluding hydrogens is 318 g/mol. The number of hydrogen-bond acceptors (Lipinski definition) is 5. The van der Waals surface area contributed by atoms with E-state index in [1.807, 2.05) is 0 Å². The summed E-state index contributed by atoms with van der Waals surface area (Å²) in [6.07, 6.45) is 3.23. The zero-order valence-corrected chi connectivity index (χ0v) is 13.3. The molecule has 2 aliphatic rings. The lowest BCUT2D eigenvalue weighted by Gasteiger charge is -2.34. The van der Waals surface area contributed by atoms with Crippen LogP contribution in [0.15, 0.2) is 33.9 Å². The van der Waals surface area contributed by atoms with Crippen molar-refractivity contribution in [3.63, 3.8) is 0 Å². The zero-order valence-electron chi connectivity index (χ0n) is 12.5. The normalized spacial score (nSPS) is 20.1. The monoisotopic (exact) mass is 335 g/mol. The number of benzene rings is 1. The summed E-state index contributed by atoms with van der Waals surface area (Å²) in [5, 5.41) is 0. The minimum Gasteiger partial charge on any atom is -0.443 e. The van der Waals surface area contributed by atoms with Crippen LogP contribution in [0.1, 0.15) is 12.8 Å². The van der Waals surface area contributed by atoms with Crippen molar-refractivity contribution < 1.29 is 17.6 Å². The van der Waals surface area contributed by atoms with Crippen LogP contribution in [0.3, 0.4) is 0 Å². The maximum atomic E-state index is 12.7. The Labute approximate surface area is 133 Å². The van der Waals surface area contributed by atoms with Gasteiger partial charge in [-0.3, -0.25) is 4.79 Å². The Kier molecular flexibility index (Phi) is 3.38. The van der Waals surface area contributed by atoms with Gasteiger partial charge in [0.2, 0.25) is 15.9 Å². The molecule has 1 saturated heterocycles. The van der Waals surface area contributed by atoms with Crippen LogP contribution >= 0.6 is 0 Å². The summed E-state index contributed by atoms with van der Waals surface area (Å²) in [4.78, 5) is 18.0. The first-order chi connectivity index (χ1) is 11.1. The molecule has 0 bridgehead atoms. The molecule has 1 saturated carbocycles. The van der Waals surface area contributed by atoms with Crippen LogP contribution in [0.25, 0.3) is 11.1 Å². The Balaban J connectivity index is 1.51. The molecule has 0 spiro atoms. The highest BCUT2D eigenvalue weighted by molar-refractivity contribution is 7.89. The number of fused-ring (bicyclic) bond motifs is 1. The largest absolute Gasteiger partial charge is 0.443 e. The third-order valence-corrected chi connectivity index (χ3v) is 6.31. The Morgan fingerprint density at radius 3 is 2.61 bits per heavy atom. The van der Waals surface area contributed by atoms with Gasteiger partial charge in [0, 0.05) is 38.2 Å². The summed E-state index contributed by atoms with van der Waals surface area (Å²) in [5.41, 5.74) is 1.08. The van der Waals surface area contributed by atoms with E-state index >= 15 is 0 Å². The highest BCUT2D eigenvalue weighted by Gasteiger charge is 2.36. The van der Waals surface area contributed by atoms with Gasteiger partial charge in [0.15, 0.2) is 12.0 Å². The molecule has 1 amide bonds. The van der Waals surface area contributed by atoms with E-state index in [1.54, 1.807) is 17.0 Å². The molecule has 1 aliphatic carbocycles. The first-order valence-corrected chi connectivity index (χ1v) is 9.12. The van der Waals surface area contributed by atoms with E-state index in [1.165, 1.54) is 16.8 Å². The predicted molar refractivity (Wildman–Crippen MR) is 82.1 cm³/mol. The second-order valence-corrected chi connectivity index (χ2v) is 7.92. The Morgan fingerprint density at radius 1 is 1.17 bits per heavy atom. The van der Waals surface area contributed by atoms with Gasteiger partial charge in [0.25, 0.3) is 0 Å². The fourth-order valence-corrected chi connectivity index (χ4v) is 4.32. The van der Waals surface area contributed by atoms with Crippen molar-refractivity contribution >= 4 is 27.0 Å². The van der Waals surface area contributed by atoms with E-state index in [0.29, 0.717) is 37.3 Å². The van der Waals surface area contributed by atoms with Gasteiger partial charge >= 0.3 is 0 Å². The van der Waals surface area contributed by atoms with Crippen LogP contribution in [0.4, 0.5) is 0 Å². The molecule has 1 aromatic heterocycles. The molecule has 0 radical (unpaired) electrons. The van der Waals surface area contributed by atoms with Gasteiger partial charge in [-0.05, 0) is 25.0 Å². The van der Waals surface area contributed by atoms with Crippen LogP contribution in [0, 0.1) is 5.92 Å². The number of oxazole rings is 1. The van der Waals surface area contributed by atoms with E-state index in [2.05, 4.69) is 4.98 Å². The number of aromatic nitrogens is 1. The van der Waals surface area contributed by atoms with Gasteiger partial charge in [-0.2, -0.15) is 4.31 Å².